The number of carbonyl (C=O) groups is 1. The fraction of sp³-hybridized carbons (Fsp3) is 0.200. The maximum atomic E-state index is 13.8. The van der Waals surface area contributed by atoms with Crippen molar-refractivity contribution in [3.63, 3.8) is 0 Å². The first-order chi connectivity index (χ1) is 16.7. The van der Waals surface area contributed by atoms with Gasteiger partial charge in [0, 0.05) is 10.4 Å². The molecule has 9 heteroatoms. The molecular weight excluding hydrogens is 468 g/mol. The van der Waals surface area contributed by atoms with Crippen LogP contribution in [0.4, 0.5) is 0 Å². The van der Waals surface area contributed by atoms with E-state index < -0.39 is 0 Å². The summed E-state index contributed by atoms with van der Waals surface area (Å²) in [5.41, 5.74) is 2.41. The molecule has 3 aromatic heterocycles. The van der Waals surface area contributed by atoms with Crippen LogP contribution in [-0.2, 0) is 12.8 Å². The van der Waals surface area contributed by atoms with Crippen LogP contribution in [0.15, 0.2) is 64.5 Å². The standard InChI is InChI=1S/C25H20N4O3S2/c1-32-17-12-10-16(11-13-17)28-22(31)21-18-8-5-9-20(18)34-23(21)29-24(28)26-27-25(29)33-14-19(30)15-6-3-2-4-7-15/h2-4,6-7,10-13H,5,8-9,14H2,1H3. The highest BCUT2D eigenvalue weighted by Gasteiger charge is 2.26. The highest BCUT2D eigenvalue weighted by atomic mass is 32.2. The molecule has 0 spiro atoms. The van der Waals surface area contributed by atoms with Gasteiger partial charge in [-0.15, -0.1) is 21.5 Å². The van der Waals surface area contributed by atoms with Gasteiger partial charge in [0.1, 0.15) is 10.6 Å². The van der Waals surface area contributed by atoms with Crippen LogP contribution >= 0.6 is 23.1 Å². The Morgan fingerprint density at radius 3 is 2.65 bits per heavy atom. The van der Waals surface area contributed by atoms with Crippen molar-refractivity contribution in [2.75, 3.05) is 12.9 Å². The van der Waals surface area contributed by atoms with E-state index in [-0.39, 0.29) is 17.1 Å². The van der Waals surface area contributed by atoms with Crippen LogP contribution in [0.5, 0.6) is 5.75 Å². The number of thioether (sulfide) groups is 1. The fourth-order valence-corrected chi connectivity index (χ4v) is 6.71. The lowest BCUT2D eigenvalue weighted by Gasteiger charge is -2.10. The first-order valence-corrected chi connectivity index (χ1v) is 12.8. The predicted molar refractivity (Wildman–Crippen MR) is 134 cm³/mol. The number of hydrogen-bond donors (Lipinski definition) is 0. The molecule has 7 nitrogen and oxygen atoms in total. The third-order valence-electron chi connectivity index (χ3n) is 6.10. The molecule has 0 atom stereocenters. The Morgan fingerprint density at radius 2 is 1.88 bits per heavy atom. The van der Waals surface area contributed by atoms with Crippen LogP contribution in [0, 0.1) is 0 Å². The predicted octanol–water partition coefficient (Wildman–Crippen LogP) is 4.57. The average molecular weight is 489 g/mol. The highest BCUT2D eigenvalue weighted by molar-refractivity contribution is 7.99. The van der Waals surface area contributed by atoms with E-state index in [4.69, 9.17) is 4.74 Å². The van der Waals surface area contributed by atoms with Gasteiger partial charge in [-0.3, -0.25) is 9.59 Å². The molecule has 0 fully saturated rings. The minimum Gasteiger partial charge on any atom is -0.497 e. The number of ketones is 1. The third kappa shape index (κ3) is 3.35. The smallest absolute Gasteiger partial charge is 0.268 e. The van der Waals surface area contributed by atoms with Gasteiger partial charge in [-0.2, -0.15) is 0 Å². The molecule has 0 radical (unpaired) electrons. The number of carbonyl (C=O) groups excluding carboxylic acids is 1. The zero-order valence-electron chi connectivity index (χ0n) is 18.4. The van der Waals surface area contributed by atoms with Crippen LogP contribution in [0.1, 0.15) is 27.2 Å². The summed E-state index contributed by atoms with van der Waals surface area (Å²) < 4.78 is 8.83. The van der Waals surface area contributed by atoms with E-state index in [1.165, 1.54) is 16.6 Å². The van der Waals surface area contributed by atoms with Crippen molar-refractivity contribution in [1.29, 1.82) is 0 Å². The molecule has 0 amide bonds. The second-order valence-corrected chi connectivity index (χ2v) is 10.1. The highest BCUT2D eigenvalue weighted by Crippen LogP contribution is 2.37. The Kier molecular flexibility index (Phi) is 5.23. The second kappa shape index (κ2) is 8.41. The lowest BCUT2D eigenvalue weighted by Crippen LogP contribution is -2.21. The molecule has 5 aromatic rings. The summed E-state index contributed by atoms with van der Waals surface area (Å²) in [6.07, 6.45) is 2.94. The van der Waals surface area contributed by atoms with Crippen molar-refractivity contribution < 1.29 is 9.53 Å². The molecule has 1 aliphatic carbocycles. The van der Waals surface area contributed by atoms with E-state index in [1.54, 1.807) is 23.0 Å². The zero-order valence-corrected chi connectivity index (χ0v) is 20.0. The lowest BCUT2D eigenvalue weighted by atomic mass is 10.2. The Hall–Kier alpha value is -3.43. The summed E-state index contributed by atoms with van der Waals surface area (Å²) in [5, 5.41) is 10.1. The van der Waals surface area contributed by atoms with Gasteiger partial charge in [-0.25, -0.2) is 8.97 Å². The van der Waals surface area contributed by atoms with Crippen LogP contribution in [0.25, 0.3) is 21.7 Å². The van der Waals surface area contributed by atoms with Crippen molar-refractivity contribution in [2.24, 2.45) is 0 Å². The second-order valence-electron chi connectivity index (χ2n) is 8.07. The molecular formula is C25H20N4O3S2. The molecule has 0 saturated heterocycles. The maximum Gasteiger partial charge on any atom is 0.268 e. The number of benzene rings is 2. The largest absolute Gasteiger partial charge is 0.497 e. The lowest BCUT2D eigenvalue weighted by molar-refractivity contribution is 0.102. The summed E-state index contributed by atoms with van der Waals surface area (Å²) in [5.74, 6) is 1.41. The molecule has 0 bridgehead atoms. The van der Waals surface area contributed by atoms with Gasteiger partial charge in [0.15, 0.2) is 10.9 Å². The number of Topliss-reactive ketones (excluding diaryl/α,β-unsaturated/α-hetero) is 1. The minimum absolute atomic E-state index is 0.0238. The first-order valence-electron chi connectivity index (χ1n) is 11.0. The van der Waals surface area contributed by atoms with E-state index in [2.05, 4.69) is 10.2 Å². The van der Waals surface area contributed by atoms with Crippen LogP contribution < -0.4 is 10.3 Å². The van der Waals surface area contributed by atoms with E-state index >= 15 is 0 Å². The number of methoxy groups -OCH3 is 1. The van der Waals surface area contributed by atoms with Crippen LogP contribution in [0.2, 0.25) is 0 Å². The summed E-state index contributed by atoms with van der Waals surface area (Å²) >= 11 is 2.98. The van der Waals surface area contributed by atoms with Gasteiger partial charge in [-0.1, -0.05) is 42.1 Å². The van der Waals surface area contributed by atoms with Crippen molar-refractivity contribution in [1.82, 2.24) is 19.2 Å². The summed E-state index contributed by atoms with van der Waals surface area (Å²) in [6, 6.07) is 16.6. The number of hydrogen-bond acceptors (Lipinski definition) is 7. The fourth-order valence-electron chi connectivity index (χ4n) is 4.45. The topological polar surface area (TPSA) is 78.5 Å². The van der Waals surface area contributed by atoms with Crippen molar-refractivity contribution >= 4 is 44.9 Å². The summed E-state index contributed by atoms with van der Waals surface area (Å²) in [4.78, 5) is 28.6. The third-order valence-corrected chi connectivity index (χ3v) is 8.30. The Morgan fingerprint density at radius 1 is 1.09 bits per heavy atom. The van der Waals surface area contributed by atoms with Crippen LogP contribution in [0.3, 0.4) is 0 Å². The van der Waals surface area contributed by atoms with Gasteiger partial charge in [-0.05, 0) is 49.1 Å². The number of aryl methyl sites for hydroxylation is 2. The summed E-state index contributed by atoms with van der Waals surface area (Å²) in [7, 11) is 1.61. The van der Waals surface area contributed by atoms with E-state index in [0.29, 0.717) is 27.9 Å². The number of fused-ring (bicyclic) bond motifs is 5. The van der Waals surface area contributed by atoms with Gasteiger partial charge in [0.05, 0.1) is 23.9 Å². The number of ether oxygens (including phenoxy) is 1. The van der Waals surface area contributed by atoms with Gasteiger partial charge in [0.25, 0.3) is 5.56 Å². The van der Waals surface area contributed by atoms with Gasteiger partial charge in [0.2, 0.25) is 5.78 Å². The molecule has 1 aliphatic rings. The number of nitrogens with zero attached hydrogens (tertiary/aromatic N) is 4. The number of aromatic nitrogens is 4. The molecule has 170 valence electrons. The van der Waals surface area contributed by atoms with Gasteiger partial charge < -0.3 is 4.74 Å². The maximum absolute atomic E-state index is 13.8. The quantitative estimate of drug-likeness (QED) is 0.257. The molecule has 2 aromatic carbocycles. The summed E-state index contributed by atoms with van der Waals surface area (Å²) in [6.45, 7) is 0. The van der Waals surface area contributed by atoms with Gasteiger partial charge >= 0.3 is 0 Å². The molecule has 0 saturated carbocycles. The molecule has 34 heavy (non-hydrogen) atoms. The van der Waals surface area contributed by atoms with Crippen LogP contribution in [-0.4, -0.2) is 37.8 Å². The minimum atomic E-state index is -0.0867. The molecule has 0 N–H and O–H groups in total. The first kappa shape index (κ1) is 21.1. The SMILES string of the molecule is COc1ccc(-n2c(=O)c3c4c(sc3n3c(SCC(=O)c5ccccc5)nnc23)CCC4)cc1. The number of thiophene rings is 1. The van der Waals surface area contributed by atoms with E-state index in [0.717, 1.165) is 35.0 Å². The number of rotatable bonds is 6. The normalized spacial score (nSPS) is 13.0. The molecule has 0 aliphatic heterocycles. The molecule has 0 unspecified atom stereocenters. The Bertz CT molecular complexity index is 1600. The average Bonchev–Trinajstić information content (AvgIpc) is 3.58. The van der Waals surface area contributed by atoms with Crippen molar-refractivity contribution in [2.45, 2.75) is 24.4 Å². The van der Waals surface area contributed by atoms with Crippen molar-refractivity contribution in [3.8, 4) is 11.4 Å². The van der Waals surface area contributed by atoms with E-state index in [1.807, 2.05) is 59.0 Å². The monoisotopic (exact) mass is 488 g/mol. The zero-order chi connectivity index (χ0) is 23.2. The Balaban J connectivity index is 1.52. The van der Waals surface area contributed by atoms with Crippen molar-refractivity contribution in [3.05, 3.63) is 81.0 Å². The molecule has 6 rings (SSSR count). The van der Waals surface area contributed by atoms with E-state index in [9.17, 15) is 9.59 Å². The Labute approximate surface area is 203 Å². The molecule has 3 heterocycles.